The quantitative estimate of drug-likeness (QED) is 0.700. The van der Waals surface area contributed by atoms with E-state index in [2.05, 4.69) is 0 Å². The SMILES string of the molecule is COCCN(CCC(N)=S)C(=O)C1CCSC1. The van der Waals surface area contributed by atoms with Crippen LogP contribution in [0.1, 0.15) is 12.8 Å². The smallest absolute Gasteiger partial charge is 0.226 e. The van der Waals surface area contributed by atoms with Crippen LogP contribution in [0.2, 0.25) is 0 Å². The van der Waals surface area contributed by atoms with Gasteiger partial charge < -0.3 is 15.4 Å². The second kappa shape index (κ2) is 7.89. The van der Waals surface area contributed by atoms with Gasteiger partial charge in [-0.25, -0.2) is 0 Å². The highest BCUT2D eigenvalue weighted by atomic mass is 32.2. The van der Waals surface area contributed by atoms with E-state index in [1.54, 1.807) is 7.11 Å². The minimum atomic E-state index is 0.170. The van der Waals surface area contributed by atoms with Crippen molar-refractivity contribution in [1.82, 2.24) is 4.90 Å². The number of rotatable bonds is 7. The average Bonchev–Trinajstić information content (AvgIpc) is 2.81. The van der Waals surface area contributed by atoms with Crippen LogP contribution in [0, 0.1) is 5.92 Å². The molecule has 0 saturated carbocycles. The molecule has 4 nitrogen and oxygen atoms in total. The van der Waals surface area contributed by atoms with Gasteiger partial charge in [-0.2, -0.15) is 11.8 Å². The summed E-state index contributed by atoms with van der Waals surface area (Å²) < 4.78 is 5.03. The summed E-state index contributed by atoms with van der Waals surface area (Å²) in [5, 5.41) is 0. The van der Waals surface area contributed by atoms with Crippen LogP contribution in [-0.2, 0) is 9.53 Å². The molecule has 1 atom stereocenters. The molecule has 1 heterocycles. The van der Waals surface area contributed by atoms with Crippen LogP contribution in [0.25, 0.3) is 0 Å². The molecule has 0 bridgehead atoms. The van der Waals surface area contributed by atoms with Crippen molar-refractivity contribution >= 4 is 34.9 Å². The maximum Gasteiger partial charge on any atom is 0.226 e. The van der Waals surface area contributed by atoms with Gasteiger partial charge in [0.1, 0.15) is 0 Å². The van der Waals surface area contributed by atoms with E-state index in [1.165, 1.54) is 0 Å². The zero-order valence-corrected chi connectivity index (χ0v) is 11.8. The average molecular weight is 276 g/mol. The first-order valence-corrected chi connectivity index (χ1v) is 7.35. The van der Waals surface area contributed by atoms with Gasteiger partial charge >= 0.3 is 0 Å². The first-order chi connectivity index (χ1) is 8.15. The van der Waals surface area contributed by atoms with Gasteiger partial charge in [-0.05, 0) is 12.2 Å². The van der Waals surface area contributed by atoms with Crippen LogP contribution >= 0.6 is 24.0 Å². The molecular formula is C11H20N2O2S2. The van der Waals surface area contributed by atoms with Gasteiger partial charge in [-0.3, -0.25) is 4.79 Å². The van der Waals surface area contributed by atoms with Gasteiger partial charge in [0.15, 0.2) is 0 Å². The normalized spacial score (nSPS) is 19.2. The van der Waals surface area contributed by atoms with Gasteiger partial charge in [-0.1, -0.05) is 12.2 Å². The maximum absolute atomic E-state index is 12.2. The minimum Gasteiger partial charge on any atom is -0.393 e. The Kier molecular flexibility index (Phi) is 6.84. The fraction of sp³-hybridized carbons (Fsp3) is 0.818. The first kappa shape index (κ1) is 14.7. The van der Waals surface area contributed by atoms with E-state index in [1.807, 2.05) is 16.7 Å². The summed E-state index contributed by atoms with van der Waals surface area (Å²) in [6.07, 6.45) is 1.57. The molecule has 1 amide bonds. The number of carbonyl (C=O) groups excluding carboxylic acids is 1. The van der Waals surface area contributed by atoms with E-state index in [-0.39, 0.29) is 11.8 Å². The largest absolute Gasteiger partial charge is 0.393 e. The summed E-state index contributed by atoms with van der Waals surface area (Å²) in [5.74, 6) is 2.42. The Hall–Kier alpha value is -0.330. The van der Waals surface area contributed by atoms with Crippen molar-refractivity contribution in [2.75, 3.05) is 38.3 Å². The van der Waals surface area contributed by atoms with Crippen molar-refractivity contribution in [2.24, 2.45) is 11.7 Å². The minimum absolute atomic E-state index is 0.170. The van der Waals surface area contributed by atoms with E-state index in [0.29, 0.717) is 31.1 Å². The molecular weight excluding hydrogens is 256 g/mol. The lowest BCUT2D eigenvalue weighted by atomic mass is 10.1. The number of hydrogen-bond donors (Lipinski definition) is 1. The molecule has 0 radical (unpaired) electrons. The molecule has 1 fully saturated rings. The summed E-state index contributed by atoms with van der Waals surface area (Å²) in [6.45, 7) is 1.79. The number of nitrogens with two attached hydrogens (primary N) is 1. The van der Waals surface area contributed by atoms with E-state index in [9.17, 15) is 4.79 Å². The number of carbonyl (C=O) groups is 1. The predicted octanol–water partition coefficient (Wildman–Crippen LogP) is 0.891. The highest BCUT2D eigenvalue weighted by Gasteiger charge is 2.27. The summed E-state index contributed by atoms with van der Waals surface area (Å²) in [5.41, 5.74) is 5.48. The Labute approximate surface area is 112 Å². The molecule has 0 aliphatic carbocycles. The number of nitrogens with zero attached hydrogens (tertiary/aromatic N) is 1. The molecule has 1 saturated heterocycles. The van der Waals surface area contributed by atoms with Crippen LogP contribution < -0.4 is 5.73 Å². The van der Waals surface area contributed by atoms with Gasteiger partial charge in [0.2, 0.25) is 5.91 Å². The van der Waals surface area contributed by atoms with Crippen LogP contribution in [-0.4, -0.2) is 54.1 Å². The standard InChI is InChI=1S/C11H20N2O2S2/c1-15-6-5-13(4-2-10(12)16)11(14)9-3-7-17-8-9/h9H,2-8H2,1H3,(H2,12,16). The summed E-state index contributed by atoms with van der Waals surface area (Å²) in [7, 11) is 1.64. The third kappa shape index (κ3) is 5.23. The number of thioether (sulfide) groups is 1. The molecule has 1 aliphatic rings. The monoisotopic (exact) mass is 276 g/mol. The lowest BCUT2D eigenvalue weighted by molar-refractivity contribution is -0.135. The Bertz CT molecular complexity index is 268. The van der Waals surface area contributed by atoms with E-state index < -0.39 is 0 Å². The molecule has 0 aromatic carbocycles. The van der Waals surface area contributed by atoms with Gasteiger partial charge in [0.05, 0.1) is 11.6 Å². The third-order valence-electron chi connectivity index (χ3n) is 2.78. The number of ether oxygens (including phenoxy) is 1. The second-order valence-electron chi connectivity index (χ2n) is 4.09. The summed E-state index contributed by atoms with van der Waals surface area (Å²) >= 11 is 6.70. The maximum atomic E-state index is 12.2. The van der Waals surface area contributed by atoms with Crippen molar-refractivity contribution in [3.63, 3.8) is 0 Å². The molecule has 98 valence electrons. The van der Waals surface area contributed by atoms with Crippen molar-refractivity contribution in [3.8, 4) is 0 Å². The highest BCUT2D eigenvalue weighted by molar-refractivity contribution is 7.99. The number of thiocarbonyl (C=S) groups is 1. The van der Waals surface area contributed by atoms with Crippen LogP contribution in [0.4, 0.5) is 0 Å². The van der Waals surface area contributed by atoms with Crippen LogP contribution in [0.15, 0.2) is 0 Å². The number of amides is 1. The molecule has 1 rings (SSSR count). The fourth-order valence-corrected chi connectivity index (χ4v) is 3.07. The number of hydrogen-bond acceptors (Lipinski definition) is 4. The van der Waals surface area contributed by atoms with Crippen molar-refractivity contribution in [3.05, 3.63) is 0 Å². The highest BCUT2D eigenvalue weighted by Crippen LogP contribution is 2.25. The van der Waals surface area contributed by atoms with E-state index >= 15 is 0 Å². The Morgan fingerprint density at radius 2 is 2.35 bits per heavy atom. The molecule has 1 aliphatic heterocycles. The lowest BCUT2D eigenvalue weighted by Gasteiger charge is -2.25. The number of methoxy groups -OCH3 is 1. The Morgan fingerprint density at radius 3 is 2.88 bits per heavy atom. The van der Waals surface area contributed by atoms with Gasteiger partial charge in [-0.15, -0.1) is 0 Å². The zero-order valence-electron chi connectivity index (χ0n) is 10.2. The molecule has 6 heteroatoms. The van der Waals surface area contributed by atoms with E-state index in [4.69, 9.17) is 22.7 Å². The second-order valence-corrected chi connectivity index (χ2v) is 5.77. The lowest BCUT2D eigenvalue weighted by Crippen LogP contribution is -2.40. The topological polar surface area (TPSA) is 55.6 Å². The van der Waals surface area contributed by atoms with Crippen molar-refractivity contribution in [2.45, 2.75) is 12.8 Å². The molecule has 17 heavy (non-hydrogen) atoms. The molecule has 0 aromatic heterocycles. The molecule has 0 spiro atoms. The Balaban J connectivity index is 2.47. The third-order valence-corrected chi connectivity index (χ3v) is 4.15. The van der Waals surface area contributed by atoms with Crippen molar-refractivity contribution in [1.29, 1.82) is 0 Å². The van der Waals surface area contributed by atoms with Crippen LogP contribution in [0.5, 0.6) is 0 Å². The summed E-state index contributed by atoms with van der Waals surface area (Å²) in [4.78, 5) is 14.5. The van der Waals surface area contributed by atoms with Crippen LogP contribution in [0.3, 0.4) is 0 Å². The molecule has 0 aromatic rings. The first-order valence-electron chi connectivity index (χ1n) is 5.79. The van der Waals surface area contributed by atoms with Crippen molar-refractivity contribution < 1.29 is 9.53 Å². The predicted molar refractivity (Wildman–Crippen MR) is 75.3 cm³/mol. The zero-order chi connectivity index (χ0) is 12.7. The molecule has 1 unspecified atom stereocenters. The van der Waals surface area contributed by atoms with E-state index in [0.717, 1.165) is 17.9 Å². The molecule has 2 N–H and O–H groups in total. The summed E-state index contributed by atoms with van der Waals surface area (Å²) in [6, 6.07) is 0. The fourth-order valence-electron chi connectivity index (χ4n) is 1.77. The Morgan fingerprint density at radius 1 is 1.59 bits per heavy atom. The van der Waals surface area contributed by atoms with Gasteiger partial charge in [0.25, 0.3) is 0 Å². The van der Waals surface area contributed by atoms with Gasteiger partial charge in [0, 0.05) is 38.3 Å².